The Hall–Kier alpha value is -2.90. The molecule has 4 aromatic rings. The first-order chi connectivity index (χ1) is 17.4. The summed E-state index contributed by atoms with van der Waals surface area (Å²) in [6, 6.07) is 9.07. The molecule has 37 heavy (non-hydrogen) atoms. The highest BCUT2D eigenvalue weighted by Gasteiger charge is 2.39. The monoisotopic (exact) mass is 576 g/mol. The van der Waals surface area contributed by atoms with Gasteiger partial charge in [-0.05, 0) is 31.2 Å². The molecule has 9 nitrogen and oxygen atoms in total. The van der Waals surface area contributed by atoms with Crippen molar-refractivity contribution in [2.75, 3.05) is 0 Å². The van der Waals surface area contributed by atoms with Crippen LogP contribution in [0.1, 0.15) is 24.7 Å². The molecule has 0 aliphatic heterocycles. The Morgan fingerprint density at radius 3 is 2.32 bits per heavy atom. The van der Waals surface area contributed by atoms with E-state index in [0.29, 0.717) is 10.6 Å². The molecule has 196 valence electrons. The molecule has 0 fully saturated rings. The second-order valence-corrected chi connectivity index (χ2v) is 9.17. The van der Waals surface area contributed by atoms with Crippen LogP contribution in [0.2, 0.25) is 15.2 Å². The number of pyridine rings is 1. The number of aliphatic hydroxyl groups excluding tert-OH is 2. The molecule has 0 spiro atoms. The van der Waals surface area contributed by atoms with Crippen LogP contribution in [-0.4, -0.2) is 51.4 Å². The zero-order valence-electron chi connectivity index (χ0n) is 18.9. The lowest BCUT2D eigenvalue weighted by molar-refractivity contribution is -0.207. The van der Waals surface area contributed by atoms with E-state index in [1.54, 1.807) is 12.1 Å². The van der Waals surface area contributed by atoms with Crippen molar-refractivity contribution in [3.05, 3.63) is 79.9 Å². The normalized spacial score (nSPS) is 13.6. The van der Waals surface area contributed by atoms with Crippen LogP contribution < -0.4 is 5.69 Å². The number of aromatic nitrogens is 6. The minimum absolute atomic E-state index is 0.00204. The fourth-order valence-electron chi connectivity index (χ4n) is 3.57. The summed E-state index contributed by atoms with van der Waals surface area (Å²) < 4.78 is 42.3. The van der Waals surface area contributed by atoms with Gasteiger partial charge in [0.05, 0.1) is 23.8 Å². The average molecular weight is 578 g/mol. The average Bonchev–Trinajstić information content (AvgIpc) is 3.35. The SMILES string of the molecule is C[C@H](O)c1nc(Cn2c(Cl)c(-c3ccc(Cl)cc3)n(CC(O)C(F)(F)F)c2=O)nn1-c1ncccc1Cl. The predicted molar refractivity (Wildman–Crippen MR) is 130 cm³/mol. The van der Waals surface area contributed by atoms with Gasteiger partial charge in [0.15, 0.2) is 23.6 Å². The summed E-state index contributed by atoms with van der Waals surface area (Å²) >= 11 is 18.6. The third kappa shape index (κ3) is 5.53. The standard InChI is InChI=1S/C22H18Cl3F3N6O3/c1-11(35)19-30-16(31-34(19)20-14(24)3-2-8-29-20)10-33-18(25)17(12-4-6-13(23)7-5-12)32(21(33)37)9-15(36)22(26,27)28/h2-8,11,15,35-36H,9-10H2,1H3/t11-,15?/m0/s1. The zero-order chi connectivity index (χ0) is 27.1. The summed E-state index contributed by atoms with van der Waals surface area (Å²) in [7, 11) is 0. The van der Waals surface area contributed by atoms with Gasteiger partial charge in [0.1, 0.15) is 11.3 Å². The van der Waals surface area contributed by atoms with E-state index in [2.05, 4.69) is 15.1 Å². The van der Waals surface area contributed by atoms with Crippen LogP contribution in [0.25, 0.3) is 17.1 Å². The maximum Gasteiger partial charge on any atom is 0.416 e. The summed E-state index contributed by atoms with van der Waals surface area (Å²) in [5.74, 6) is 0.229. The number of alkyl halides is 3. The van der Waals surface area contributed by atoms with E-state index in [9.17, 15) is 28.2 Å². The summed E-state index contributed by atoms with van der Waals surface area (Å²) in [6.45, 7) is -0.0319. The molecule has 0 aliphatic carbocycles. The van der Waals surface area contributed by atoms with E-state index in [1.165, 1.54) is 42.1 Å². The molecule has 3 heterocycles. The Labute approximate surface area is 222 Å². The third-order valence-electron chi connectivity index (χ3n) is 5.30. The van der Waals surface area contributed by atoms with Crippen molar-refractivity contribution >= 4 is 34.8 Å². The first-order valence-corrected chi connectivity index (χ1v) is 11.8. The summed E-state index contributed by atoms with van der Waals surface area (Å²) in [4.78, 5) is 21.7. The Bertz CT molecular complexity index is 1480. The Morgan fingerprint density at radius 1 is 1.05 bits per heavy atom. The Kier molecular flexibility index (Phi) is 7.67. The lowest BCUT2D eigenvalue weighted by Crippen LogP contribution is -2.37. The second kappa shape index (κ2) is 10.5. The summed E-state index contributed by atoms with van der Waals surface area (Å²) in [5.41, 5.74) is -0.707. The minimum Gasteiger partial charge on any atom is -0.385 e. The number of aliphatic hydroxyl groups is 2. The van der Waals surface area contributed by atoms with Crippen LogP contribution in [0, 0.1) is 0 Å². The molecule has 0 bridgehead atoms. The molecule has 1 aromatic carbocycles. The molecule has 1 unspecified atom stereocenters. The Balaban J connectivity index is 1.83. The molecule has 3 aromatic heterocycles. The molecule has 2 atom stereocenters. The van der Waals surface area contributed by atoms with Crippen molar-refractivity contribution in [1.82, 2.24) is 28.9 Å². The van der Waals surface area contributed by atoms with Crippen LogP contribution >= 0.6 is 34.8 Å². The highest BCUT2D eigenvalue weighted by atomic mass is 35.5. The summed E-state index contributed by atoms with van der Waals surface area (Å²) in [5, 5.41) is 24.5. The molecule has 2 N–H and O–H groups in total. The van der Waals surface area contributed by atoms with Gasteiger partial charge in [-0.3, -0.25) is 9.13 Å². The van der Waals surface area contributed by atoms with Crippen LogP contribution in [-0.2, 0) is 13.1 Å². The highest BCUT2D eigenvalue weighted by molar-refractivity contribution is 6.32. The quantitative estimate of drug-likeness (QED) is 0.339. The second-order valence-electron chi connectivity index (χ2n) is 7.97. The van der Waals surface area contributed by atoms with Crippen molar-refractivity contribution < 1.29 is 23.4 Å². The van der Waals surface area contributed by atoms with Crippen molar-refractivity contribution in [2.24, 2.45) is 0 Å². The molecule has 0 radical (unpaired) electrons. The number of halogens is 6. The van der Waals surface area contributed by atoms with Gasteiger partial charge in [0, 0.05) is 16.8 Å². The third-order valence-corrected chi connectivity index (χ3v) is 6.23. The first-order valence-electron chi connectivity index (χ1n) is 10.6. The van der Waals surface area contributed by atoms with Crippen molar-refractivity contribution in [1.29, 1.82) is 0 Å². The maximum absolute atomic E-state index is 13.3. The van der Waals surface area contributed by atoms with Gasteiger partial charge in [-0.15, -0.1) is 5.10 Å². The van der Waals surface area contributed by atoms with Gasteiger partial charge in [-0.2, -0.15) is 17.9 Å². The van der Waals surface area contributed by atoms with Gasteiger partial charge in [0.2, 0.25) is 0 Å². The van der Waals surface area contributed by atoms with Gasteiger partial charge in [-0.1, -0.05) is 46.9 Å². The molecule has 15 heteroatoms. The number of hydrogen-bond acceptors (Lipinski definition) is 6. The number of hydrogen-bond donors (Lipinski definition) is 2. The molecular weight excluding hydrogens is 560 g/mol. The fourth-order valence-corrected chi connectivity index (χ4v) is 4.24. The smallest absolute Gasteiger partial charge is 0.385 e. The maximum atomic E-state index is 13.3. The van der Waals surface area contributed by atoms with Crippen LogP contribution in [0.4, 0.5) is 13.2 Å². The lowest BCUT2D eigenvalue weighted by atomic mass is 10.1. The van der Waals surface area contributed by atoms with Crippen molar-refractivity contribution in [2.45, 2.75) is 38.4 Å². The van der Waals surface area contributed by atoms with Crippen molar-refractivity contribution in [3.63, 3.8) is 0 Å². The lowest BCUT2D eigenvalue weighted by Gasteiger charge is -2.16. The number of nitrogens with zero attached hydrogens (tertiary/aromatic N) is 6. The first kappa shape index (κ1) is 27.1. The molecule has 0 saturated carbocycles. The van der Waals surface area contributed by atoms with E-state index in [0.717, 1.165) is 9.13 Å². The van der Waals surface area contributed by atoms with E-state index in [-0.39, 0.29) is 39.9 Å². The van der Waals surface area contributed by atoms with E-state index in [4.69, 9.17) is 34.8 Å². The van der Waals surface area contributed by atoms with Crippen molar-refractivity contribution in [3.8, 4) is 17.1 Å². The minimum atomic E-state index is -4.97. The number of imidazole rings is 1. The van der Waals surface area contributed by atoms with Crippen LogP contribution in [0.15, 0.2) is 47.4 Å². The number of rotatable bonds is 7. The predicted octanol–water partition coefficient (Wildman–Crippen LogP) is 4.28. The zero-order valence-corrected chi connectivity index (χ0v) is 21.1. The molecule has 4 rings (SSSR count). The van der Waals surface area contributed by atoms with Gasteiger partial charge in [-0.25, -0.2) is 14.8 Å². The Morgan fingerprint density at radius 2 is 1.73 bits per heavy atom. The molecule has 0 amide bonds. The molecule has 0 aliphatic rings. The fraction of sp³-hybridized carbons (Fsp3) is 0.273. The van der Waals surface area contributed by atoms with Crippen LogP contribution in [0.5, 0.6) is 0 Å². The van der Waals surface area contributed by atoms with E-state index < -0.39 is 30.6 Å². The van der Waals surface area contributed by atoms with Gasteiger partial charge in [0.25, 0.3) is 0 Å². The van der Waals surface area contributed by atoms with Gasteiger partial charge < -0.3 is 10.2 Å². The molecule has 0 saturated heterocycles. The van der Waals surface area contributed by atoms with Gasteiger partial charge >= 0.3 is 11.9 Å². The largest absolute Gasteiger partial charge is 0.416 e. The number of benzene rings is 1. The van der Waals surface area contributed by atoms with E-state index in [1.807, 2.05) is 0 Å². The molecular formula is C22H18Cl3F3N6O3. The summed E-state index contributed by atoms with van der Waals surface area (Å²) in [6.07, 6.45) is -7.45. The van der Waals surface area contributed by atoms with E-state index >= 15 is 0 Å². The topological polar surface area (TPSA) is 111 Å². The van der Waals surface area contributed by atoms with Crippen LogP contribution in [0.3, 0.4) is 0 Å². The highest BCUT2D eigenvalue weighted by Crippen LogP contribution is 2.31.